The molecular weight excluding hydrogens is 527 g/mol. The van der Waals surface area contributed by atoms with Gasteiger partial charge in [-0.05, 0) is 38.4 Å². The van der Waals surface area contributed by atoms with Crippen LogP contribution >= 0.6 is 7.75 Å². The van der Waals surface area contributed by atoms with Gasteiger partial charge in [0, 0.05) is 17.2 Å². The Labute approximate surface area is 215 Å². The first-order valence-electron chi connectivity index (χ1n) is 11.3. The highest BCUT2D eigenvalue weighted by Gasteiger charge is 2.56. The fourth-order valence-corrected chi connectivity index (χ4v) is 5.00. The van der Waals surface area contributed by atoms with E-state index in [-0.39, 0.29) is 12.4 Å². The Morgan fingerprint density at radius 1 is 1.34 bits per heavy atom. The molecule has 1 fully saturated rings. The Kier molecular flexibility index (Phi) is 9.12. The number of nitrogens with one attached hydrogen (secondary N) is 2. The van der Waals surface area contributed by atoms with Crippen molar-refractivity contribution in [3.05, 3.63) is 73.4 Å². The molecule has 0 spiro atoms. The molecule has 0 radical (unpaired) electrons. The fraction of sp³-hybridized carbons (Fsp3) is 0.476. The van der Waals surface area contributed by atoms with Gasteiger partial charge in [-0.2, -0.15) is 5.09 Å². The molecule has 1 aromatic carbocycles. The standard InChI is InChI=1S/C21H27N6O10P/c1-4-34-19(31)13(3)24-38(33,37-14-7-5-12(2)6-8-14)35-11-21(25-26-22)17(30)16(29)18(36-21)27-10-9-15(28)23-20(27)32/h5-10,13,16-18,29-30H,4,11H2,1-3H3,(H,24,33)(H,23,28,32)/t13-,16+,17-,18+,21+,38?/m0/s1. The van der Waals surface area contributed by atoms with E-state index in [0.717, 1.165) is 22.4 Å². The zero-order valence-corrected chi connectivity index (χ0v) is 21.5. The van der Waals surface area contributed by atoms with Crippen molar-refractivity contribution in [2.75, 3.05) is 13.2 Å². The molecule has 0 saturated carbocycles. The lowest BCUT2D eigenvalue weighted by atomic mass is 10.1. The van der Waals surface area contributed by atoms with Crippen molar-refractivity contribution < 1.29 is 38.1 Å². The Morgan fingerprint density at radius 3 is 2.63 bits per heavy atom. The molecule has 1 saturated heterocycles. The number of hydrogen-bond acceptors (Lipinski definition) is 11. The number of carbonyl (C=O) groups is 1. The minimum Gasteiger partial charge on any atom is -0.465 e. The molecule has 17 heteroatoms. The summed E-state index contributed by atoms with van der Waals surface area (Å²) in [5, 5.41) is 27.2. The average Bonchev–Trinajstić information content (AvgIpc) is 3.10. The first-order valence-corrected chi connectivity index (χ1v) is 12.8. The van der Waals surface area contributed by atoms with Crippen LogP contribution in [0, 0.1) is 6.92 Å². The summed E-state index contributed by atoms with van der Waals surface area (Å²) in [6.45, 7) is 3.84. The van der Waals surface area contributed by atoms with Crippen LogP contribution in [-0.4, -0.2) is 62.9 Å². The van der Waals surface area contributed by atoms with E-state index < -0.39 is 61.8 Å². The quantitative estimate of drug-likeness (QED) is 0.100. The third-order valence-electron chi connectivity index (χ3n) is 5.42. The average molecular weight is 554 g/mol. The van der Waals surface area contributed by atoms with Crippen LogP contribution in [0.4, 0.5) is 0 Å². The number of esters is 1. The van der Waals surface area contributed by atoms with E-state index in [0.29, 0.717) is 0 Å². The number of aromatic amines is 1. The SMILES string of the molecule is CCOC(=O)[C@H](C)NP(=O)(OC[C@@]1(N=[N+]=[N-])O[C@@H](n2ccc(=O)[nH]c2=O)[C@H](O)[C@@H]1O)Oc1ccc(C)cc1. The number of aryl methyl sites for hydroxylation is 1. The van der Waals surface area contributed by atoms with Crippen LogP contribution < -0.4 is 20.9 Å². The van der Waals surface area contributed by atoms with Crippen LogP contribution in [0.1, 0.15) is 25.6 Å². The van der Waals surface area contributed by atoms with Gasteiger partial charge < -0.3 is 24.2 Å². The van der Waals surface area contributed by atoms with E-state index in [2.05, 4.69) is 15.1 Å². The summed E-state index contributed by atoms with van der Waals surface area (Å²) >= 11 is 0. The van der Waals surface area contributed by atoms with Crippen LogP contribution in [0.3, 0.4) is 0 Å². The third kappa shape index (κ3) is 6.49. The van der Waals surface area contributed by atoms with E-state index in [1.165, 1.54) is 19.1 Å². The Morgan fingerprint density at radius 2 is 2.03 bits per heavy atom. The number of azide groups is 1. The molecule has 6 atom stereocenters. The predicted octanol–water partition coefficient (Wildman–Crippen LogP) is 0.847. The number of carbonyl (C=O) groups excluding carboxylic acids is 1. The number of hydrogen-bond donors (Lipinski definition) is 4. The number of aromatic nitrogens is 2. The summed E-state index contributed by atoms with van der Waals surface area (Å²) in [6, 6.07) is 6.11. The number of nitrogens with zero attached hydrogens (tertiary/aromatic N) is 4. The van der Waals surface area contributed by atoms with Crippen LogP contribution in [-0.2, 0) is 23.4 Å². The number of H-pyrrole nitrogens is 1. The maximum Gasteiger partial charge on any atom is 0.459 e. The van der Waals surface area contributed by atoms with Gasteiger partial charge in [-0.15, -0.1) is 0 Å². The Bertz CT molecular complexity index is 1360. The monoisotopic (exact) mass is 554 g/mol. The van der Waals surface area contributed by atoms with Crippen LogP contribution in [0.25, 0.3) is 10.4 Å². The van der Waals surface area contributed by atoms with Crippen molar-refractivity contribution in [2.45, 2.75) is 51.0 Å². The molecular formula is C21H27N6O10P. The maximum absolute atomic E-state index is 13.7. The summed E-state index contributed by atoms with van der Waals surface area (Å²) in [4.78, 5) is 40.4. The first kappa shape index (κ1) is 29.1. The molecule has 0 aliphatic carbocycles. The van der Waals surface area contributed by atoms with E-state index in [1.807, 2.05) is 11.9 Å². The van der Waals surface area contributed by atoms with Crippen molar-refractivity contribution in [3.63, 3.8) is 0 Å². The number of benzene rings is 1. The van der Waals surface area contributed by atoms with Crippen molar-refractivity contribution in [1.29, 1.82) is 0 Å². The maximum atomic E-state index is 13.7. The van der Waals surface area contributed by atoms with Gasteiger partial charge in [0.2, 0.25) is 5.72 Å². The fourth-order valence-electron chi connectivity index (χ4n) is 3.49. The summed E-state index contributed by atoms with van der Waals surface area (Å²) < 4.78 is 36.0. The second kappa shape index (κ2) is 11.9. The lowest BCUT2D eigenvalue weighted by molar-refractivity contribution is -0.144. The highest BCUT2D eigenvalue weighted by Crippen LogP contribution is 2.48. The van der Waals surface area contributed by atoms with Gasteiger partial charge in [0.25, 0.3) is 5.56 Å². The first-order chi connectivity index (χ1) is 17.9. The number of rotatable bonds is 11. The zero-order valence-electron chi connectivity index (χ0n) is 20.6. The van der Waals surface area contributed by atoms with Crippen molar-refractivity contribution >= 4 is 13.7 Å². The van der Waals surface area contributed by atoms with Crippen molar-refractivity contribution in [3.8, 4) is 5.75 Å². The number of ether oxygens (including phenoxy) is 2. The second-order valence-electron chi connectivity index (χ2n) is 8.27. The van der Waals surface area contributed by atoms with Crippen LogP contribution in [0.2, 0.25) is 0 Å². The molecule has 206 valence electrons. The molecule has 2 aromatic rings. The van der Waals surface area contributed by atoms with Gasteiger partial charge in [0.1, 0.15) is 24.0 Å². The van der Waals surface area contributed by atoms with Gasteiger partial charge in [-0.1, -0.05) is 22.8 Å². The van der Waals surface area contributed by atoms with Crippen LogP contribution in [0.15, 0.2) is 51.2 Å². The minimum absolute atomic E-state index is 0.0538. The molecule has 16 nitrogen and oxygen atoms in total. The minimum atomic E-state index is -4.49. The molecule has 0 amide bonds. The van der Waals surface area contributed by atoms with E-state index in [4.69, 9.17) is 24.1 Å². The topological polar surface area (TPSA) is 227 Å². The molecule has 1 unspecified atom stereocenters. The molecule has 1 aliphatic rings. The number of aliphatic hydroxyl groups is 2. The molecule has 2 heterocycles. The van der Waals surface area contributed by atoms with Gasteiger partial charge >= 0.3 is 19.4 Å². The van der Waals surface area contributed by atoms with Gasteiger partial charge in [0.15, 0.2) is 6.23 Å². The zero-order chi connectivity index (χ0) is 28.1. The van der Waals surface area contributed by atoms with E-state index >= 15 is 0 Å². The van der Waals surface area contributed by atoms with Crippen LogP contribution in [0.5, 0.6) is 5.75 Å². The third-order valence-corrected chi connectivity index (χ3v) is 7.05. The molecule has 3 rings (SSSR count). The highest BCUT2D eigenvalue weighted by atomic mass is 31.2. The normalized spacial score (nSPS) is 25.1. The largest absolute Gasteiger partial charge is 0.465 e. The smallest absolute Gasteiger partial charge is 0.459 e. The Hall–Kier alpha value is -3.49. The molecule has 0 bridgehead atoms. The predicted molar refractivity (Wildman–Crippen MR) is 130 cm³/mol. The second-order valence-corrected chi connectivity index (χ2v) is 9.97. The molecule has 38 heavy (non-hydrogen) atoms. The Balaban J connectivity index is 1.92. The highest BCUT2D eigenvalue weighted by molar-refractivity contribution is 7.52. The lowest BCUT2D eigenvalue weighted by Gasteiger charge is -2.29. The molecule has 1 aliphatic heterocycles. The molecule has 1 aromatic heterocycles. The van der Waals surface area contributed by atoms with E-state index in [9.17, 15) is 29.2 Å². The summed E-state index contributed by atoms with van der Waals surface area (Å²) in [6.07, 6.45) is -4.47. The van der Waals surface area contributed by atoms with Gasteiger partial charge in [-0.3, -0.25) is 23.7 Å². The van der Waals surface area contributed by atoms with Gasteiger partial charge in [-0.25, -0.2) is 9.36 Å². The summed E-state index contributed by atoms with van der Waals surface area (Å²) in [5.74, 6) is -0.676. The van der Waals surface area contributed by atoms with Gasteiger partial charge in [0.05, 0.1) is 13.2 Å². The molecule has 4 N–H and O–H groups in total. The summed E-state index contributed by atoms with van der Waals surface area (Å²) in [7, 11) is -4.49. The number of aliphatic hydroxyl groups excluding tert-OH is 2. The van der Waals surface area contributed by atoms with Crippen molar-refractivity contribution in [2.24, 2.45) is 5.11 Å². The van der Waals surface area contributed by atoms with Crippen molar-refractivity contribution in [1.82, 2.24) is 14.6 Å². The van der Waals surface area contributed by atoms with E-state index in [1.54, 1.807) is 19.1 Å². The lowest BCUT2D eigenvalue weighted by Crippen LogP contribution is -2.45. The summed E-state index contributed by atoms with van der Waals surface area (Å²) in [5.41, 5.74) is 5.92.